The molecule has 3 aromatic carbocycles. The summed E-state index contributed by atoms with van der Waals surface area (Å²) in [5.41, 5.74) is 0.825. The summed E-state index contributed by atoms with van der Waals surface area (Å²) in [5.74, 6) is -0.812. The first-order valence-electron chi connectivity index (χ1n) is 10.1. The Labute approximate surface area is 192 Å². The number of amides is 1. The van der Waals surface area contributed by atoms with Crippen LogP contribution in [0.1, 0.15) is 17.3 Å². The number of hydrogen-bond acceptors (Lipinski definition) is 6. The molecule has 0 bridgehead atoms. The molecule has 0 aromatic heterocycles. The Hall–Kier alpha value is -3.85. The second kappa shape index (κ2) is 10.6. The van der Waals surface area contributed by atoms with E-state index in [1.54, 1.807) is 67.6 Å². The lowest BCUT2D eigenvalue weighted by Crippen LogP contribution is -2.38. The maximum Gasteiger partial charge on any atom is 0.337 e. The Kier molecular flexibility index (Phi) is 7.68. The highest BCUT2D eigenvalue weighted by Crippen LogP contribution is 2.32. The van der Waals surface area contributed by atoms with Crippen LogP contribution in [0, 0.1) is 0 Å². The van der Waals surface area contributed by atoms with Crippen molar-refractivity contribution in [3.8, 4) is 5.75 Å². The maximum atomic E-state index is 13.5. The van der Waals surface area contributed by atoms with Gasteiger partial charge in [0.25, 0.3) is 10.0 Å². The van der Waals surface area contributed by atoms with Crippen molar-refractivity contribution < 1.29 is 27.5 Å². The zero-order valence-corrected chi connectivity index (χ0v) is 19.0. The third-order valence-electron chi connectivity index (χ3n) is 4.62. The van der Waals surface area contributed by atoms with E-state index >= 15 is 0 Å². The molecule has 172 valence electrons. The number of para-hydroxylation sites is 2. The van der Waals surface area contributed by atoms with Gasteiger partial charge in [0.2, 0.25) is 5.91 Å². The van der Waals surface area contributed by atoms with Gasteiger partial charge in [-0.2, -0.15) is 0 Å². The summed E-state index contributed by atoms with van der Waals surface area (Å²) in [5, 5.41) is 2.64. The number of ether oxygens (including phenoxy) is 2. The van der Waals surface area contributed by atoms with E-state index in [9.17, 15) is 18.0 Å². The smallest absolute Gasteiger partial charge is 0.337 e. The Bertz CT molecular complexity index is 1230. The van der Waals surface area contributed by atoms with E-state index in [1.165, 1.54) is 25.3 Å². The lowest BCUT2D eigenvalue weighted by atomic mass is 10.2. The van der Waals surface area contributed by atoms with Crippen LogP contribution in [0.4, 0.5) is 11.4 Å². The molecular formula is C24H24N2O6S. The molecule has 3 aromatic rings. The fraction of sp³-hybridized carbons (Fsp3) is 0.167. The van der Waals surface area contributed by atoms with Gasteiger partial charge < -0.3 is 14.8 Å². The van der Waals surface area contributed by atoms with E-state index in [2.05, 4.69) is 5.32 Å². The number of hydrogen-bond donors (Lipinski definition) is 1. The topological polar surface area (TPSA) is 102 Å². The van der Waals surface area contributed by atoms with Gasteiger partial charge >= 0.3 is 5.97 Å². The molecular weight excluding hydrogens is 444 g/mol. The summed E-state index contributed by atoms with van der Waals surface area (Å²) in [6.45, 7) is 1.60. The molecule has 3 rings (SSSR count). The minimum absolute atomic E-state index is 0.0387. The number of nitrogens with one attached hydrogen (secondary N) is 1. The lowest BCUT2D eigenvalue weighted by molar-refractivity contribution is -0.114. The lowest BCUT2D eigenvalue weighted by Gasteiger charge is -2.26. The highest BCUT2D eigenvalue weighted by atomic mass is 32.2. The molecule has 1 amide bonds. The largest absolute Gasteiger partial charge is 0.492 e. The second-order valence-electron chi connectivity index (χ2n) is 6.85. The molecule has 0 radical (unpaired) electrons. The number of carbonyl (C=O) groups excluding carboxylic acids is 2. The van der Waals surface area contributed by atoms with E-state index < -0.39 is 28.4 Å². The van der Waals surface area contributed by atoms with Gasteiger partial charge in [0.05, 0.1) is 29.9 Å². The number of sulfonamides is 1. The summed E-state index contributed by atoms with van der Waals surface area (Å²) in [4.78, 5) is 24.7. The summed E-state index contributed by atoms with van der Waals surface area (Å²) >= 11 is 0. The van der Waals surface area contributed by atoms with Gasteiger partial charge in [-0.05, 0) is 49.4 Å². The molecule has 0 aliphatic rings. The molecule has 0 aliphatic heterocycles. The van der Waals surface area contributed by atoms with Crippen molar-refractivity contribution in [3.63, 3.8) is 0 Å². The third kappa shape index (κ3) is 5.69. The molecule has 9 heteroatoms. The zero-order chi connectivity index (χ0) is 23.8. The Morgan fingerprint density at radius 2 is 1.64 bits per heavy atom. The van der Waals surface area contributed by atoms with Gasteiger partial charge in [0.15, 0.2) is 0 Å². The van der Waals surface area contributed by atoms with Crippen LogP contribution in [0.25, 0.3) is 0 Å². The first-order chi connectivity index (χ1) is 15.9. The molecule has 0 heterocycles. The fourth-order valence-electron chi connectivity index (χ4n) is 3.13. The standard InChI is InChI=1S/C24H24N2O6S/c1-3-32-22-15-8-7-14-21(22)26(33(29,30)20-12-5-4-6-13-20)17-23(27)25-19-11-9-10-18(16-19)24(28)31-2/h4-16H,3,17H2,1-2H3,(H,25,27). The molecule has 0 saturated carbocycles. The van der Waals surface area contributed by atoms with Crippen LogP contribution in [0.2, 0.25) is 0 Å². The highest BCUT2D eigenvalue weighted by Gasteiger charge is 2.29. The summed E-state index contributed by atoms with van der Waals surface area (Å²) in [7, 11) is -2.83. The number of nitrogens with zero attached hydrogens (tertiary/aromatic N) is 1. The average molecular weight is 469 g/mol. The van der Waals surface area contributed by atoms with Crippen molar-refractivity contribution in [2.24, 2.45) is 0 Å². The molecule has 0 saturated heterocycles. The summed E-state index contributed by atoms with van der Waals surface area (Å²) < 4.78 is 38.3. The van der Waals surface area contributed by atoms with Crippen LogP contribution >= 0.6 is 0 Å². The number of esters is 1. The molecule has 1 N–H and O–H groups in total. The van der Waals surface area contributed by atoms with Gasteiger partial charge in [0, 0.05) is 5.69 Å². The predicted molar refractivity (Wildman–Crippen MR) is 125 cm³/mol. The Morgan fingerprint density at radius 3 is 2.33 bits per heavy atom. The van der Waals surface area contributed by atoms with Gasteiger partial charge in [0.1, 0.15) is 12.3 Å². The van der Waals surface area contributed by atoms with Gasteiger partial charge in [-0.3, -0.25) is 9.10 Å². The number of carbonyl (C=O) groups is 2. The molecule has 0 fully saturated rings. The van der Waals surface area contributed by atoms with Crippen LogP contribution < -0.4 is 14.4 Å². The van der Waals surface area contributed by atoms with Gasteiger partial charge in [-0.25, -0.2) is 13.2 Å². The summed E-state index contributed by atoms with van der Waals surface area (Å²) in [6, 6.07) is 20.6. The summed E-state index contributed by atoms with van der Waals surface area (Å²) in [6.07, 6.45) is 0. The quantitative estimate of drug-likeness (QED) is 0.481. The molecule has 0 unspecified atom stereocenters. The van der Waals surface area contributed by atoms with Crippen molar-refractivity contribution in [2.45, 2.75) is 11.8 Å². The SMILES string of the molecule is CCOc1ccccc1N(CC(=O)Nc1cccc(C(=O)OC)c1)S(=O)(=O)c1ccccc1. The highest BCUT2D eigenvalue weighted by molar-refractivity contribution is 7.92. The normalized spacial score (nSPS) is 10.8. The first-order valence-corrected chi connectivity index (χ1v) is 11.6. The number of rotatable bonds is 9. The van der Waals surface area contributed by atoms with Crippen LogP contribution in [0.3, 0.4) is 0 Å². The molecule has 0 atom stereocenters. The molecule has 33 heavy (non-hydrogen) atoms. The van der Waals surface area contributed by atoms with Crippen molar-refractivity contribution in [1.29, 1.82) is 0 Å². The maximum absolute atomic E-state index is 13.5. The first kappa shape index (κ1) is 23.8. The fourth-order valence-corrected chi connectivity index (χ4v) is 4.59. The van der Waals surface area contributed by atoms with Crippen LogP contribution in [0.15, 0.2) is 83.8 Å². The average Bonchev–Trinajstić information content (AvgIpc) is 2.83. The van der Waals surface area contributed by atoms with Crippen molar-refractivity contribution in [1.82, 2.24) is 0 Å². The van der Waals surface area contributed by atoms with Crippen molar-refractivity contribution in [3.05, 3.63) is 84.4 Å². The minimum atomic E-state index is -4.09. The number of anilines is 2. The second-order valence-corrected chi connectivity index (χ2v) is 8.71. The zero-order valence-electron chi connectivity index (χ0n) is 18.2. The van der Waals surface area contributed by atoms with Gasteiger partial charge in [-0.1, -0.05) is 36.4 Å². The Morgan fingerprint density at radius 1 is 0.939 bits per heavy atom. The third-order valence-corrected chi connectivity index (χ3v) is 6.39. The predicted octanol–water partition coefficient (Wildman–Crippen LogP) is 3.71. The van der Waals surface area contributed by atoms with Crippen molar-refractivity contribution >= 4 is 33.3 Å². The number of benzene rings is 3. The van der Waals surface area contributed by atoms with Crippen LogP contribution in [-0.2, 0) is 19.6 Å². The minimum Gasteiger partial charge on any atom is -0.492 e. The van der Waals surface area contributed by atoms with E-state index in [4.69, 9.17) is 9.47 Å². The molecule has 0 spiro atoms. The van der Waals surface area contributed by atoms with E-state index in [0.29, 0.717) is 18.0 Å². The van der Waals surface area contributed by atoms with E-state index in [1.807, 2.05) is 0 Å². The van der Waals surface area contributed by atoms with E-state index in [-0.39, 0.29) is 16.1 Å². The van der Waals surface area contributed by atoms with E-state index in [0.717, 1.165) is 4.31 Å². The van der Waals surface area contributed by atoms with Crippen LogP contribution in [-0.4, -0.2) is 40.6 Å². The van der Waals surface area contributed by atoms with Crippen LogP contribution in [0.5, 0.6) is 5.75 Å². The monoisotopic (exact) mass is 468 g/mol. The van der Waals surface area contributed by atoms with Crippen molar-refractivity contribution in [2.75, 3.05) is 29.9 Å². The molecule has 8 nitrogen and oxygen atoms in total. The number of methoxy groups -OCH3 is 1. The Balaban J connectivity index is 1.96. The molecule has 0 aliphatic carbocycles. The van der Waals surface area contributed by atoms with Gasteiger partial charge in [-0.15, -0.1) is 0 Å².